The molecule has 1 unspecified atom stereocenters. The number of carbonyl (C=O) groups excluding carboxylic acids is 3. The van der Waals surface area contributed by atoms with Crippen molar-refractivity contribution in [1.82, 2.24) is 10.4 Å². The van der Waals surface area contributed by atoms with Gasteiger partial charge in [0, 0.05) is 0 Å². The molecule has 0 saturated carbocycles. The van der Waals surface area contributed by atoms with E-state index in [0.717, 1.165) is 5.56 Å². The molecule has 0 radical (unpaired) electrons. The Kier molecular flexibility index (Phi) is 9.71. The van der Waals surface area contributed by atoms with Crippen LogP contribution in [0, 0.1) is 11.3 Å². The lowest BCUT2D eigenvalue weighted by Crippen LogP contribution is -2.60. The number of carbonyl (C=O) groups is 3. The Balaban J connectivity index is 2.20. The van der Waals surface area contributed by atoms with E-state index in [1.807, 2.05) is 18.2 Å². The summed E-state index contributed by atoms with van der Waals surface area (Å²) in [5.41, 5.74) is 1.98. The van der Waals surface area contributed by atoms with E-state index in [1.165, 1.54) is 0 Å². The second-order valence-corrected chi connectivity index (χ2v) is 7.03. The van der Waals surface area contributed by atoms with E-state index in [1.54, 1.807) is 62.4 Å². The first-order valence-corrected chi connectivity index (χ1v) is 10.5. The summed E-state index contributed by atoms with van der Waals surface area (Å²) in [7, 11) is 0. The van der Waals surface area contributed by atoms with Crippen LogP contribution in [0.15, 0.2) is 60.7 Å². The Morgan fingerprint density at radius 1 is 0.909 bits per heavy atom. The number of nitrogens with one attached hydrogen (secondary N) is 1. The van der Waals surface area contributed by atoms with Crippen molar-refractivity contribution in [2.45, 2.75) is 45.4 Å². The molecular formula is C24H27N3O6. The molecule has 0 fully saturated rings. The highest BCUT2D eigenvalue weighted by Crippen LogP contribution is 2.24. The lowest BCUT2D eigenvalue weighted by molar-refractivity contribution is -0.145. The highest BCUT2D eigenvalue weighted by Gasteiger charge is 2.44. The maximum absolute atomic E-state index is 13.0. The Bertz CT molecular complexity index is 961. The van der Waals surface area contributed by atoms with Crippen molar-refractivity contribution >= 4 is 18.2 Å². The van der Waals surface area contributed by atoms with E-state index >= 15 is 0 Å². The molecule has 0 aliphatic carbocycles. The van der Waals surface area contributed by atoms with Gasteiger partial charge in [-0.3, -0.25) is 4.79 Å². The second kappa shape index (κ2) is 12.7. The molecule has 0 aliphatic rings. The number of nitrogens with zero attached hydrogens (tertiary/aromatic N) is 2. The summed E-state index contributed by atoms with van der Waals surface area (Å²) in [6.45, 7) is 3.19. The third kappa shape index (κ3) is 7.54. The van der Waals surface area contributed by atoms with Crippen molar-refractivity contribution < 1.29 is 28.6 Å². The molecule has 0 heterocycles. The predicted octanol–water partition coefficient (Wildman–Crippen LogP) is 4.09. The molecule has 1 atom stereocenters. The number of hydrazine groups is 1. The Hall–Kier alpha value is -4.06. The van der Waals surface area contributed by atoms with Crippen LogP contribution in [0.4, 0.5) is 9.59 Å². The van der Waals surface area contributed by atoms with Crippen LogP contribution in [-0.2, 0) is 32.2 Å². The third-order valence-electron chi connectivity index (χ3n) is 4.77. The number of hydrogen-bond donors (Lipinski definition) is 1. The van der Waals surface area contributed by atoms with Crippen molar-refractivity contribution in [3.8, 4) is 6.07 Å². The van der Waals surface area contributed by atoms with Gasteiger partial charge >= 0.3 is 18.2 Å². The topological polar surface area (TPSA) is 118 Å². The molecule has 1 N–H and O–H groups in total. The van der Waals surface area contributed by atoms with Crippen LogP contribution in [-0.4, -0.2) is 35.3 Å². The summed E-state index contributed by atoms with van der Waals surface area (Å²) in [5.74, 6) is -0.693. The molecule has 0 aromatic heterocycles. The minimum atomic E-state index is -1.74. The van der Waals surface area contributed by atoms with Crippen molar-refractivity contribution in [3.05, 3.63) is 71.8 Å². The molecule has 2 rings (SSSR count). The molecular weight excluding hydrogens is 426 g/mol. The fourth-order valence-corrected chi connectivity index (χ4v) is 2.94. The normalized spacial score (nSPS) is 11.9. The number of benzene rings is 2. The molecule has 2 aromatic carbocycles. The Labute approximate surface area is 192 Å². The standard InChI is InChI=1S/C24H27N3O6/c1-3-24(18-25,15-21(28)31-4-2)27(23(30)33-17-20-13-9-6-10-14-20)26-22(29)32-16-19-11-7-5-8-12-19/h5-14H,3-4,15-17H2,1-2H3,(H,26,29). The summed E-state index contributed by atoms with van der Waals surface area (Å²) in [4.78, 5) is 37.6. The first-order valence-electron chi connectivity index (χ1n) is 10.5. The van der Waals surface area contributed by atoms with E-state index in [4.69, 9.17) is 14.2 Å². The van der Waals surface area contributed by atoms with Crippen molar-refractivity contribution in [2.24, 2.45) is 0 Å². The number of hydrogen-bond acceptors (Lipinski definition) is 7. The monoisotopic (exact) mass is 453 g/mol. The molecule has 9 heteroatoms. The molecule has 9 nitrogen and oxygen atoms in total. The van der Waals surface area contributed by atoms with Gasteiger partial charge in [-0.05, 0) is 24.5 Å². The van der Waals surface area contributed by atoms with Crippen molar-refractivity contribution in [2.75, 3.05) is 6.61 Å². The van der Waals surface area contributed by atoms with Gasteiger partial charge in [-0.25, -0.2) is 15.0 Å². The summed E-state index contributed by atoms with van der Waals surface area (Å²) < 4.78 is 15.5. The van der Waals surface area contributed by atoms with Gasteiger partial charge in [-0.2, -0.15) is 10.3 Å². The average molecular weight is 453 g/mol. The van der Waals surface area contributed by atoms with Gasteiger partial charge in [0.25, 0.3) is 0 Å². The van der Waals surface area contributed by atoms with Crippen molar-refractivity contribution in [1.29, 1.82) is 5.26 Å². The summed E-state index contributed by atoms with van der Waals surface area (Å²) in [6, 6.07) is 19.8. The summed E-state index contributed by atoms with van der Waals surface area (Å²) in [6.07, 6.45) is -2.44. The Morgan fingerprint density at radius 2 is 1.45 bits per heavy atom. The zero-order valence-electron chi connectivity index (χ0n) is 18.7. The highest BCUT2D eigenvalue weighted by atomic mass is 16.6. The second-order valence-electron chi connectivity index (χ2n) is 7.03. The first-order chi connectivity index (χ1) is 15.9. The number of amides is 2. The van der Waals surface area contributed by atoms with Crippen LogP contribution in [0.25, 0.3) is 0 Å². The molecule has 0 aliphatic heterocycles. The highest BCUT2D eigenvalue weighted by molar-refractivity contribution is 5.78. The molecule has 0 spiro atoms. The molecule has 2 aromatic rings. The molecule has 0 bridgehead atoms. The SMILES string of the molecule is CCOC(=O)CC(C#N)(CC)N(NC(=O)OCc1ccccc1)C(=O)OCc1ccccc1. The van der Waals surface area contributed by atoms with Gasteiger partial charge in [0.05, 0.1) is 19.1 Å². The van der Waals surface area contributed by atoms with E-state index < -0.39 is 30.1 Å². The number of nitriles is 1. The van der Waals surface area contributed by atoms with E-state index in [0.29, 0.717) is 10.6 Å². The van der Waals surface area contributed by atoms with Gasteiger partial charge in [0.2, 0.25) is 0 Å². The van der Waals surface area contributed by atoms with E-state index in [2.05, 4.69) is 5.43 Å². The van der Waals surface area contributed by atoms with E-state index in [9.17, 15) is 19.6 Å². The zero-order valence-corrected chi connectivity index (χ0v) is 18.7. The van der Waals surface area contributed by atoms with Crippen LogP contribution in [0.1, 0.15) is 37.8 Å². The molecule has 33 heavy (non-hydrogen) atoms. The quantitative estimate of drug-likeness (QED) is 0.345. The van der Waals surface area contributed by atoms with Crippen LogP contribution in [0.3, 0.4) is 0 Å². The molecule has 0 saturated heterocycles. The largest absolute Gasteiger partial charge is 0.466 e. The number of ether oxygens (including phenoxy) is 3. The minimum Gasteiger partial charge on any atom is -0.466 e. The van der Waals surface area contributed by atoms with Gasteiger partial charge in [0.1, 0.15) is 13.2 Å². The number of rotatable bonds is 9. The van der Waals surface area contributed by atoms with Gasteiger partial charge in [0.15, 0.2) is 5.54 Å². The first kappa shape index (κ1) is 25.2. The molecule has 174 valence electrons. The zero-order chi connectivity index (χ0) is 24.1. The summed E-state index contributed by atoms with van der Waals surface area (Å²) in [5, 5.41) is 10.6. The van der Waals surface area contributed by atoms with Crippen LogP contribution >= 0.6 is 0 Å². The maximum atomic E-state index is 13.0. The van der Waals surface area contributed by atoms with E-state index in [-0.39, 0.29) is 26.2 Å². The van der Waals surface area contributed by atoms with Crippen LogP contribution in [0.2, 0.25) is 0 Å². The molecule has 2 amide bonds. The maximum Gasteiger partial charge on any atom is 0.430 e. The Morgan fingerprint density at radius 3 is 1.94 bits per heavy atom. The van der Waals surface area contributed by atoms with Crippen molar-refractivity contribution in [3.63, 3.8) is 0 Å². The van der Waals surface area contributed by atoms with Gasteiger partial charge in [-0.15, -0.1) is 0 Å². The fraction of sp³-hybridized carbons (Fsp3) is 0.333. The van der Waals surface area contributed by atoms with Gasteiger partial charge < -0.3 is 14.2 Å². The third-order valence-corrected chi connectivity index (χ3v) is 4.77. The minimum absolute atomic E-state index is 0.0156. The van der Waals surface area contributed by atoms with Crippen LogP contribution in [0.5, 0.6) is 0 Å². The lowest BCUT2D eigenvalue weighted by atomic mass is 9.93. The smallest absolute Gasteiger partial charge is 0.430 e. The predicted molar refractivity (Wildman–Crippen MR) is 118 cm³/mol. The van der Waals surface area contributed by atoms with Crippen LogP contribution < -0.4 is 5.43 Å². The summed E-state index contributed by atoms with van der Waals surface area (Å²) >= 11 is 0. The van der Waals surface area contributed by atoms with Gasteiger partial charge in [-0.1, -0.05) is 67.6 Å². The fourth-order valence-electron chi connectivity index (χ4n) is 2.94. The lowest BCUT2D eigenvalue weighted by Gasteiger charge is -2.35. The average Bonchev–Trinajstić information content (AvgIpc) is 2.85. The number of esters is 1.